The van der Waals surface area contributed by atoms with Gasteiger partial charge in [-0.2, -0.15) is 4.39 Å². The molecule has 3 aromatic rings. The number of halogens is 1. The lowest BCUT2D eigenvalue weighted by Crippen LogP contribution is -2.68. The van der Waals surface area contributed by atoms with Gasteiger partial charge in [-0.1, -0.05) is 48.9 Å². The SMILES string of the molecule is CC#C/C(F)=C\C#C[C@H](OC1OC(C)C(SC)(C(=O)c2nccc3c2[nH]c2ccc(O)cc23)C(O)C1OC1CC(OC)C(NC(C)C)CO1)C1=C(NC(=O)OC)C(=O)C[C@H](O)/C1=C/CS(C)=S. The summed E-state index contributed by atoms with van der Waals surface area (Å²) in [5.41, 5.74) is 0.652. The van der Waals surface area contributed by atoms with Crippen LogP contribution in [0.3, 0.4) is 0 Å². The fraction of sp³-hybridized carbons (Fsp3) is 0.489. The van der Waals surface area contributed by atoms with Crippen LogP contribution < -0.4 is 10.6 Å². The van der Waals surface area contributed by atoms with Gasteiger partial charge in [0.15, 0.2) is 24.2 Å². The zero-order chi connectivity index (χ0) is 48.7. The van der Waals surface area contributed by atoms with Crippen molar-refractivity contribution in [3.05, 3.63) is 71.0 Å². The Morgan fingerprint density at radius 2 is 1.99 bits per heavy atom. The number of aromatic amines is 1. The molecule has 0 radical (unpaired) electrons. The molecular weight excluding hydrogens is 928 g/mol. The maximum atomic E-state index is 15.3. The summed E-state index contributed by atoms with van der Waals surface area (Å²) in [6.45, 7) is 7.13. The van der Waals surface area contributed by atoms with Crippen LogP contribution in [0, 0.1) is 23.7 Å². The molecule has 0 saturated carbocycles. The van der Waals surface area contributed by atoms with E-state index < -0.39 is 93.3 Å². The van der Waals surface area contributed by atoms with Crippen LogP contribution in [0.15, 0.2) is 65.3 Å². The lowest BCUT2D eigenvalue weighted by atomic mass is 9.82. The van der Waals surface area contributed by atoms with Gasteiger partial charge in [-0.3, -0.25) is 19.9 Å². The highest BCUT2D eigenvalue weighted by Crippen LogP contribution is 2.46. The Labute approximate surface area is 399 Å². The molecule has 0 bridgehead atoms. The number of aliphatic hydroxyl groups excluding tert-OH is 2. The maximum Gasteiger partial charge on any atom is 0.411 e. The number of nitrogens with one attached hydrogen (secondary N) is 3. The van der Waals surface area contributed by atoms with Gasteiger partial charge in [0.05, 0.1) is 49.3 Å². The summed E-state index contributed by atoms with van der Waals surface area (Å²) in [6, 6.07) is 6.33. The van der Waals surface area contributed by atoms with Crippen LogP contribution in [-0.2, 0) is 53.9 Å². The Morgan fingerprint density at radius 3 is 2.66 bits per heavy atom. The number of amides is 1. The van der Waals surface area contributed by atoms with Crippen molar-refractivity contribution < 1.29 is 62.5 Å². The van der Waals surface area contributed by atoms with E-state index in [1.54, 1.807) is 50.8 Å². The first kappa shape index (κ1) is 51.8. The molecule has 0 spiro atoms. The standard InChI is InChI=1S/C47H55FN4O12S3/c1-9-11-26(48)12-10-13-35(38-29(17-19-67(8)65)33(54)21-34(55)40(38)52-46(58)60-6)63-45-42(64-37-22-36(59-5)32(23-61-37)50-24(2)3)44(57)47(66-7,25(4)62-45)43(56)41-39-28(16-18-49-41)30-20-27(53)14-15-31(30)51-39/h12,14-18,20,24-25,32-33,35-37,42,44-45,50-51,53-54,57H,19,21-23H2,1-8H3,(H,52,58)/b26-12+,29-17-/t25?,32?,33-,35-,36?,37?,42?,44?,45?,47?,67?/m0/s1. The first-order chi connectivity index (χ1) is 32.0. The zero-order valence-corrected chi connectivity index (χ0v) is 40.7. The number of nitrogens with zero attached hydrogens (tertiary/aromatic N) is 1. The van der Waals surface area contributed by atoms with E-state index in [0.29, 0.717) is 21.8 Å². The number of alkyl carbamates (subject to hydrolysis) is 1. The number of thioether (sulfide) groups is 1. The number of aromatic hydroxyl groups is 1. The second-order valence-electron chi connectivity index (χ2n) is 16.3. The Hall–Kier alpha value is -4.55. The Bertz CT molecular complexity index is 2610. The van der Waals surface area contributed by atoms with E-state index in [-0.39, 0.29) is 59.2 Å². The average Bonchev–Trinajstić information content (AvgIpc) is 3.66. The molecule has 20 heteroatoms. The lowest BCUT2D eigenvalue weighted by Gasteiger charge is -2.51. The number of hydrogen-bond acceptors (Lipinski definition) is 16. The Balaban J connectivity index is 1.52. The summed E-state index contributed by atoms with van der Waals surface area (Å²) >= 11 is 6.47. The summed E-state index contributed by atoms with van der Waals surface area (Å²) in [7, 11) is 2.04. The van der Waals surface area contributed by atoms with Crippen molar-refractivity contribution in [3.63, 3.8) is 0 Å². The number of pyridine rings is 1. The van der Waals surface area contributed by atoms with Crippen molar-refractivity contribution in [1.29, 1.82) is 0 Å². The molecule has 1 amide bonds. The van der Waals surface area contributed by atoms with Gasteiger partial charge < -0.3 is 54.0 Å². The highest BCUT2D eigenvalue weighted by molar-refractivity contribution is 8.28. The quantitative estimate of drug-likeness (QED) is 0.0987. The third kappa shape index (κ3) is 11.3. The van der Waals surface area contributed by atoms with Crippen molar-refractivity contribution in [2.24, 2.45) is 0 Å². The minimum atomic E-state index is -1.85. The summed E-state index contributed by atoms with van der Waals surface area (Å²) < 4.78 is 49.9. The summed E-state index contributed by atoms with van der Waals surface area (Å²) in [4.78, 5) is 49.6. The number of allylic oxidation sites excluding steroid dienone is 3. The Kier molecular flexibility index (Phi) is 17.6. The van der Waals surface area contributed by atoms with Gasteiger partial charge in [0.25, 0.3) is 0 Å². The minimum absolute atomic E-state index is 0.0224. The van der Waals surface area contributed by atoms with Gasteiger partial charge in [0, 0.05) is 65.9 Å². The highest BCUT2D eigenvalue weighted by Gasteiger charge is 2.61. The number of carbonyl (C=O) groups is 3. The smallest absolute Gasteiger partial charge is 0.411 e. The van der Waals surface area contributed by atoms with Crippen LogP contribution in [0.1, 0.15) is 51.0 Å². The molecule has 6 N–H and O–H groups in total. The predicted octanol–water partition coefficient (Wildman–Crippen LogP) is 4.17. The van der Waals surface area contributed by atoms with Gasteiger partial charge in [0.2, 0.25) is 5.78 Å². The van der Waals surface area contributed by atoms with Gasteiger partial charge in [0.1, 0.15) is 34.5 Å². The van der Waals surface area contributed by atoms with Gasteiger partial charge in [-0.05, 0) is 62.1 Å². The Morgan fingerprint density at radius 1 is 1.22 bits per heavy atom. The number of hydrogen-bond donors (Lipinski definition) is 6. The monoisotopic (exact) mass is 982 g/mol. The topological polar surface area (TPSA) is 220 Å². The van der Waals surface area contributed by atoms with Crippen LogP contribution in [0.4, 0.5) is 9.18 Å². The third-order valence-electron chi connectivity index (χ3n) is 11.6. The van der Waals surface area contributed by atoms with E-state index in [4.69, 9.17) is 39.6 Å². The fourth-order valence-corrected chi connectivity index (χ4v) is 10.2. The molecule has 4 heterocycles. The van der Waals surface area contributed by atoms with Crippen LogP contribution in [0.5, 0.6) is 5.75 Å². The second-order valence-corrected chi connectivity index (χ2v) is 20.5. The molecular formula is C47H55FN4O12S3. The molecule has 1 aromatic carbocycles. The molecule has 16 nitrogen and oxygen atoms in total. The number of H-pyrrole nitrogens is 1. The summed E-state index contributed by atoms with van der Waals surface area (Å²) in [5.74, 6) is 8.17. The molecule has 2 aliphatic heterocycles. The fourth-order valence-electron chi connectivity index (χ4n) is 8.51. The van der Waals surface area contributed by atoms with Crippen molar-refractivity contribution in [2.45, 2.75) is 107 Å². The number of phenols is 1. The number of aromatic nitrogens is 2. The maximum absolute atomic E-state index is 15.3. The van der Waals surface area contributed by atoms with E-state index in [2.05, 4.69) is 44.3 Å². The number of ether oxygens (including phenoxy) is 6. The van der Waals surface area contributed by atoms with Crippen LogP contribution in [0.25, 0.3) is 21.8 Å². The van der Waals surface area contributed by atoms with Gasteiger partial charge in [-0.25, -0.2) is 4.79 Å². The molecule has 3 aliphatic rings. The van der Waals surface area contributed by atoms with E-state index in [1.165, 1.54) is 19.2 Å². The zero-order valence-electron chi connectivity index (χ0n) is 38.2. The molecule has 9 unspecified atom stereocenters. The summed E-state index contributed by atoms with van der Waals surface area (Å²) in [6.07, 6.45) is -4.66. The van der Waals surface area contributed by atoms with Crippen LogP contribution in [-0.4, -0.2) is 148 Å². The average molecular weight is 983 g/mol. The number of methoxy groups -OCH3 is 2. The van der Waals surface area contributed by atoms with Crippen molar-refractivity contribution in [3.8, 4) is 29.4 Å². The highest BCUT2D eigenvalue weighted by atomic mass is 32.8. The number of rotatable bonds is 14. The van der Waals surface area contributed by atoms with Gasteiger partial charge in [-0.15, -0.1) is 21.2 Å². The lowest BCUT2D eigenvalue weighted by molar-refractivity contribution is -0.323. The largest absolute Gasteiger partial charge is 0.508 e. The van der Waals surface area contributed by atoms with Crippen molar-refractivity contribution >= 4 is 71.9 Å². The van der Waals surface area contributed by atoms with Crippen molar-refractivity contribution in [1.82, 2.24) is 20.6 Å². The van der Waals surface area contributed by atoms with E-state index in [0.717, 1.165) is 24.9 Å². The normalized spacial score (nSPS) is 28.4. The number of Topliss-reactive ketones (excluding diaryl/α,β-unsaturated/α-hetero) is 2. The number of aliphatic hydroxyl groups is 2. The molecule has 2 saturated heterocycles. The molecule has 6 rings (SSSR count). The number of carbonyl (C=O) groups excluding carboxylic acids is 3. The molecule has 1 aliphatic carbocycles. The minimum Gasteiger partial charge on any atom is -0.508 e. The third-order valence-corrected chi connectivity index (χ3v) is 14.1. The number of benzene rings is 1. The van der Waals surface area contributed by atoms with E-state index in [1.807, 2.05) is 13.8 Å². The molecule has 11 atom stereocenters. The predicted molar refractivity (Wildman–Crippen MR) is 255 cm³/mol. The first-order valence-corrected chi connectivity index (χ1v) is 25.3. The second kappa shape index (κ2) is 22.7. The number of fused-ring (bicyclic) bond motifs is 3. The van der Waals surface area contributed by atoms with Crippen molar-refractivity contribution in [2.75, 3.05) is 39.1 Å². The number of ketones is 2. The molecule has 360 valence electrons. The molecule has 2 aromatic heterocycles. The van der Waals surface area contributed by atoms with Crippen LogP contribution in [0.2, 0.25) is 0 Å². The number of phenolic OH excluding ortho intramolecular Hbond substituents is 1. The van der Waals surface area contributed by atoms with Crippen LogP contribution >= 0.6 is 11.8 Å². The van der Waals surface area contributed by atoms with E-state index in [9.17, 15) is 29.3 Å². The van der Waals surface area contributed by atoms with E-state index >= 15 is 4.79 Å². The first-order valence-electron chi connectivity index (χ1n) is 21.3. The van der Waals surface area contributed by atoms with Gasteiger partial charge >= 0.3 is 6.09 Å². The molecule has 67 heavy (non-hydrogen) atoms. The summed E-state index contributed by atoms with van der Waals surface area (Å²) in [5, 5.41) is 41.8. The molecule has 2 fully saturated rings.